The predicted octanol–water partition coefficient (Wildman–Crippen LogP) is 0.322. The molecule has 2 heterocycles. The van der Waals surface area contributed by atoms with Gasteiger partial charge in [0.2, 0.25) is 11.6 Å². The maximum absolute atomic E-state index is 12.5. The van der Waals surface area contributed by atoms with Gasteiger partial charge in [-0.05, 0) is 29.4 Å². The number of nitrogens with zero attached hydrogens (tertiary/aromatic N) is 6. The number of benzene rings is 1. The van der Waals surface area contributed by atoms with Gasteiger partial charge in [-0.15, -0.1) is 5.10 Å². The van der Waals surface area contributed by atoms with E-state index >= 15 is 0 Å². The second-order valence-electron chi connectivity index (χ2n) is 5.22. The number of carbonyl (C=O) groups is 1. The second-order valence-corrected chi connectivity index (χ2v) is 5.22. The van der Waals surface area contributed by atoms with Crippen LogP contribution in [0, 0.1) is 6.92 Å². The summed E-state index contributed by atoms with van der Waals surface area (Å²) < 4.78 is 16.1. The molecule has 0 aliphatic rings. The first-order chi connectivity index (χ1) is 13.0. The number of ether oxygens (including phenoxy) is 2. The van der Waals surface area contributed by atoms with E-state index in [-0.39, 0.29) is 17.3 Å². The Morgan fingerprint density at radius 1 is 1.33 bits per heavy atom. The van der Waals surface area contributed by atoms with Crippen molar-refractivity contribution in [3.05, 3.63) is 35.2 Å². The molecule has 0 saturated carbocycles. The normalized spacial score (nSPS) is 10.9. The number of aryl methyl sites for hydroxylation is 1. The van der Waals surface area contributed by atoms with E-state index in [2.05, 4.69) is 35.8 Å². The van der Waals surface area contributed by atoms with Gasteiger partial charge in [0.05, 0.1) is 26.1 Å². The molecular weight excluding hydrogens is 356 g/mol. The van der Waals surface area contributed by atoms with Crippen molar-refractivity contribution in [2.75, 3.05) is 20.0 Å². The van der Waals surface area contributed by atoms with Crippen LogP contribution in [0.25, 0.3) is 5.82 Å². The van der Waals surface area contributed by atoms with Gasteiger partial charge in [-0.3, -0.25) is 4.79 Å². The quantitative estimate of drug-likeness (QED) is 0.459. The Balaban J connectivity index is 1.81. The number of hydrogen-bond acceptors (Lipinski definition) is 10. The Kier molecular flexibility index (Phi) is 4.97. The Hall–Kier alpha value is -3.96. The number of carbonyl (C=O) groups excluding carboxylic acids is 1. The Bertz CT molecular complexity index is 994. The molecule has 0 atom stereocenters. The van der Waals surface area contributed by atoms with E-state index in [4.69, 9.17) is 15.2 Å². The van der Waals surface area contributed by atoms with Crippen LogP contribution in [0.3, 0.4) is 0 Å². The van der Waals surface area contributed by atoms with Crippen molar-refractivity contribution in [1.29, 1.82) is 0 Å². The van der Waals surface area contributed by atoms with Gasteiger partial charge < -0.3 is 15.2 Å². The number of nitrogens with two attached hydrogens (primary N) is 1. The third-order valence-electron chi connectivity index (χ3n) is 3.56. The maximum atomic E-state index is 12.5. The predicted molar refractivity (Wildman–Crippen MR) is 93.0 cm³/mol. The van der Waals surface area contributed by atoms with Crippen LogP contribution in [0.5, 0.6) is 11.5 Å². The van der Waals surface area contributed by atoms with Crippen molar-refractivity contribution in [2.45, 2.75) is 6.92 Å². The second kappa shape index (κ2) is 7.51. The van der Waals surface area contributed by atoms with Crippen molar-refractivity contribution >= 4 is 17.9 Å². The number of aromatic nitrogens is 5. The lowest BCUT2D eigenvalue weighted by Crippen LogP contribution is -2.22. The molecule has 0 fully saturated rings. The standard InChI is InChI=1S/C15H16N8O4/c1-8-12(23(22-18-8)14-13(16)20-27-21-14)15(24)19-17-7-9-4-5-10(25-2)6-11(9)26-3/h4-7H,1-3H3,(H2,16,20)(H,19,24)/b17-7-. The molecule has 12 heteroatoms. The number of nitrogen functional groups attached to an aromatic ring is 1. The van der Waals surface area contributed by atoms with E-state index in [0.717, 1.165) is 4.68 Å². The van der Waals surface area contributed by atoms with E-state index in [0.29, 0.717) is 22.8 Å². The van der Waals surface area contributed by atoms with Gasteiger partial charge in [-0.25, -0.2) is 10.1 Å². The molecule has 27 heavy (non-hydrogen) atoms. The molecule has 0 spiro atoms. The lowest BCUT2D eigenvalue weighted by Gasteiger charge is -2.07. The van der Waals surface area contributed by atoms with Gasteiger partial charge in [0, 0.05) is 11.6 Å². The van der Waals surface area contributed by atoms with Gasteiger partial charge in [0.15, 0.2) is 5.69 Å². The number of anilines is 1. The third kappa shape index (κ3) is 3.53. The highest BCUT2D eigenvalue weighted by molar-refractivity contribution is 5.95. The Labute approximate surface area is 152 Å². The van der Waals surface area contributed by atoms with Crippen LogP contribution in [-0.2, 0) is 0 Å². The zero-order chi connectivity index (χ0) is 19.4. The summed E-state index contributed by atoms with van der Waals surface area (Å²) in [5.74, 6) is 0.639. The van der Waals surface area contributed by atoms with E-state index in [1.54, 1.807) is 32.2 Å². The molecule has 3 aromatic rings. The molecule has 0 unspecified atom stereocenters. The molecule has 0 radical (unpaired) electrons. The van der Waals surface area contributed by atoms with E-state index in [1.807, 2.05) is 0 Å². The van der Waals surface area contributed by atoms with E-state index in [9.17, 15) is 4.79 Å². The molecule has 12 nitrogen and oxygen atoms in total. The van der Waals surface area contributed by atoms with Crippen LogP contribution in [0.4, 0.5) is 5.82 Å². The number of nitrogens with one attached hydrogen (secondary N) is 1. The molecule has 2 aromatic heterocycles. The average Bonchev–Trinajstić information content (AvgIpc) is 3.26. The first-order valence-electron chi connectivity index (χ1n) is 7.61. The number of amides is 1. The molecule has 1 amide bonds. The SMILES string of the molecule is COc1ccc(/C=N\NC(=O)c2c(C)nnn2-c2nonc2N)c(OC)c1. The van der Waals surface area contributed by atoms with Crippen LogP contribution < -0.4 is 20.6 Å². The lowest BCUT2D eigenvalue weighted by molar-refractivity contribution is 0.0946. The summed E-state index contributed by atoms with van der Waals surface area (Å²) in [5.41, 5.74) is 9.13. The van der Waals surface area contributed by atoms with Gasteiger partial charge in [0.25, 0.3) is 5.91 Å². The fraction of sp³-hybridized carbons (Fsp3) is 0.200. The van der Waals surface area contributed by atoms with Crippen LogP contribution in [-0.4, -0.2) is 51.6 Å². The molecule has 0 aliphatic heterocycles. The van der Waals surface area contributed by atoms with Crippen molar-refractivity contribution in [2.24, 2.45) is 5.10 Å². The molecule has 0 bridgehead atoms. The van der Waals surface area contributed by atoms with Crippen molar-refractivity contribution in [3.63, 3.8) is 0 Å². The van der Waals surface area contributed by atoms with Crippen LogP contribution in [0.1, 0.15) is 21.7 Å². The zero-order valence-corrected chi connectivity index (χ0v) is 14.7. The average molecular weight is 372 g/mol. The lowest BCUT2D eigenvalue weighted by atomic mass is 10.2. The zero-order valence-electron chi connectivity index (χ0n) is 14.7. The molecule has 1 aromatic carbocycles. The minimum atomic E-state index is -0.566. The highest BCUT2D eigenvalue weighted by atomic mass is 16.6. The summed E-state index contributed by atoms with van der Waals surface area (Å²) in [4.78, 5) is 12.5. The summed E-state index contributed by atoms with van der Waals surface area (Å²) in [7, 11) is 3.08. The van der Waals surface area contributed by atoms with Crippen LogP contribution in [0.15, 0.2) is 27.9 Å². The summed E-state index contributed by atoms with van der Waals surface area (Å²) in [6, 6.07) is 5.19. The van der Waals surface area contributed by atoms with Crippen molar-refractivity contribution in [3.8, 4) is 17.3 Å². The van der Waals surface area contributed by atoms with E-state index in [1.165, 1.54) is 13.3 Å². The minimum Gasteiger partial charge on any atom is -0.497 e. The first-order valence-corrected chi connectivity index (χ1v) is 7.61. The third-order valence-corrected chi connectivity index (χ3v) is 3.56. The summed E-state index contributed by atoms with van der Waals surface area (Å²) in [6.07, 6.45) is 1.44. The fourth-order valence-electron chi connectivity index (χ4n) is 2.24. The topological polar surface area (TPSA) is 156 Å². The highest BCUT2D eigenvalue weighted by Crippen LogP contribution is 2.23. The largest absolute Gasteiger partial charge is 0.497 e. The number of methoxy groups -OCH3 is 2. The molecule has 0 saturated heterocycles. The van der Waals surface area contributed by atoms with Gasteiger partial charge >= 0.3 is 0 Å². The summed E-state index contributed by atoms with van der Waals surface area (Å²) in [6.45, 7) is 1.61. The number of hydrogen-bond donors (Lipinski definition) is 2. The summed E-state index contributed by atoms with van der Waals surface area (Å²) in [5, 5.41) is 18.7. The smallest absolute Gasteiger partial charge is 0.292 e. The minimum absolute atomic E-state index is 0.0274. The van der Waals surface area contributed by atoms with Gasteiger partial charge in [-0.2, -0.15) is 9.78 Å². The Morgan fingerprint density at radius 2 is 2.15 bits per heavy atom. The van der Waals surface area contributed by atoms with E-state index < -0.39 is 5.91 Å². The highest BCUT2D eigenvalue weighted by Gasteiger charge is 2.22. The number of rotatable bonds is 6. The van der Waals surface area contributed by atoms with Crippen LogP contribution in [0.2, 0.25) is 0 Å². The van der Waals surface area contributed by atoms with Crippen molar-refractivity contribution < 1.29 is 18.9 Å². The molecule has 3 rings (SSSR count). The Morgan fingerprint density at radius 3 is 2.81 bits per heavy atom. The first kappa shape index (κ1) is 17.8. The molecule has 0 aliphatic carbocycles. The number of hydrazone groups is 1. The maximum Gasteiger partial charge on any atom is 0.292 e. The van der Waals surface area contributed by atoms with Gasteiger partial charge in [-0.1, -0.05) is 5.21 Å². The molecular formula is C15H16N8O4. The van der Waals surface area contributed by atoms with Crippen LogP contribution >= 0.6 is 0 Å². The molecule has 140 valence electrons. The van der Waals surface area contributed by atoms with Gasteiger partial charge in [0.1, 0.15) is 11.5 Å². The monoisotopic (exact) mass is 372 g/mol. The van der Waals surface area contributed by atoms with Crippen molar-refractivity contribution in [1.82, 2.24) is 30.7 Å². The summed E-state index contributed by atoms with van der Waals surface area (Å²) >= 11 is 0. The fourth-order valence-corrected chi connectivity index (χ4v) is 2.24. The molecule has 3 N–H and O–H groups in total.